The third-order valence-electron chi connectivity index (χ3n) is 2.64. The minimum absolute atomic E-state index is 0.388. The van der Waals surface area contributed by atoms with Crippen LogP contribution in [0.4, 0.5) is 5.69 Å². The van der Waals surface area contributed by atoms with Crippen molar-refractivity contribution in [3.63, 3.8) is 0 Å². The number of carboxylic acid groups (broad SMARTS) is 1. The maximum Gasteiger partial charge on any atom is 0.338 e. The van der Waals surface area contributed by atoms with E-state index in [1.165, 1.54) is 0 Å². The van der Waals surface area contributed by atoms with Crippen LogP contribution in [0.15, 0.2) is 23.1 Å². The zero-order valence-electron chi connectivity index (χ0n) is 11.8. The average Bonchev–Trinajstić information content (AvgIpc) is 2.34. The van der Waals surface area contributed by atoms with Gasteiger partial charge in [0.05, 0.1) is 5.56 Å². The molecule has 5 heteroatoms. The highest BCUT2D eigenvalue weighted by Gasteiger charge is 2.15. The van der Waals surface area contributed by atoms with E-state index in [2.05, 4.69) is 10.2 Å². The maximum atomic E-state index is 11.4. The molecule has 106 valence electrons. The average molecular weight is 282 g/mol. The smallest absolute Gasteiger partial charge is 0.338 e. The summed E-state index contributed by atoms with van der Waals surface area (Å²) in [5.41, 5.74) is 1.10. The molecule has 0 aliphatic heterocycles. The molecule has 1 aromatic rings. The fourth-order valence-electron chi connectivity index (χ4n) is 1.79. The number of benzene rings is 1. The number of nitrogens with zero attached hydrogens (tertiary/aromatic N) is 1. The van der Waals surface area contributed by atoms with Gasteiger partial charge in [0.2, 0.25) is 0 Å². The van der Waals surface area contributed by atoms with Crippen molar-refractivity contribution in [3.05, 3.63) is 23.8 Å². The van der Waals surface area contributed by atoms with Gasteiger partial charge < -0.3 is 15.3 Å². The summed E-state index contributed by atoms with van der Waals surface area (Å²) in [6.45, 7) is 3.78. The number of anilines is 1. The number of carboxylic acids is 1. The number of nitrogens with one attached hydrogen (secondary N) is 1. The van der Waals surface area contributed by atoms with Gasteiger partial charge in [-0.3, -0.25) is 0 Å². The highest BCUT2D eigenvalue weighted by molar-refractivity contribution is 7.99. The van der Waals surface area contributed by atoms with Gasteiger partial charge in [-0.2, -0.15) is 0 Å². The predicted octanol–water partition coefficient (Wildman–Crippen LogP) is 2.86. The zero-order chi connectivity index (χ0) is 14.3. The molecule has 0 spiro atoms. The van der Waals surface area contributed by atoms with Crippen molar-refractivity contribution >= 4 is 23.4 Å². The van der Waals surface area contributed by atoms with Gasteiger partial charge in [0.15, 0.2) is 0 Å². The second kappa shape index (κ2) is 8.07. The van der Waals surface area contributed by atoms with Gasteiger partial charge in [-0.15, -0.1) is 11.8 Å². The molecule has 0 bridgehead atoms. The summed E-state index contributed by atoms with van der Waals surface area (Å²) in [6, 6.07) is 5.60. The zero-order valence-corrected chi connectivity index (χ0v) is 12.6. The molecule has 0 saturated carbocycles. The number of aromatic carboxylic acids is 1. The molecule has 0 aliphatic rings. The van der Waals surface area contributed by atoms with Crippen LogP contribution >= 0.6 is 11.8 Å². The maximum absolute atomic E-state index is 11.4. The Hall–Kier alpha value is -1.20. The summed E-state index contributed by atoms with van der Waals surface area (Å²) < 4.78 is 0. The number of thioether (sulfide) groups is 1. The lowest BCUT2D eigenvalue weighted by molar-refractivity contribution is 0.0694. The largest absolute Gasteiger partial charge is 0.478 e. The molecular weight excluding hydrogens is 260 g/mol. The van der Waals surface area contributed by atoms with Crippen LogP contribution < -0.4 is 5.32 Å². The molecule has 1 aromatic carbocycles. The summed E-state index contributed by atoms with van der Waals surface area (Å²) in [7, 11) is 4.06. The lowest BCUT2D eigenvalue weighted by Crippen LogP contribution is -2.17. The highest BCUT2D eigenvalue weighted by atomic mass is 32.2. The lowest BCUT2D eigenvalue weighted by atomic mass is 10.1. The fourth-order valence-corrected chi connectivity index (χ4v) is 2.62. The van der Waals surface area contributed by atoms with Crippen molar-refractivity contribution in [2.45, 2.75) is 18.2 Å². The molecule has 0 fully saturated rings. The first-order chi connectivity index (χ1) is 9.06. The van der Waals surface area contributed by atoms with E-state index < -0.39 is 5.97 Å². The van der Waals surface area contributed by atoms with Crippen molar-refractivity contribution in [3.8, 4) is 0 Å². The van der Waals surface area contributed by atoms with Crippen LogP contribution in [0, 0.1) is 0 Å². The van der Waals surface area contributed by atoms with Gasteiger partial charge in [0.25, 0.3) is 0 Å². The molecule has 0 atom stereocenters. The summed E-state index contributed by atoms with van der Waals surface area (Å²) in [5.74, 6) is -0.00339. The van der Waals surface area contributed by atoms with Crippen LogP contribution in [0.1, 0.15) is 23.7 Å². The van der Waals surface area contributed by atoms with Crippen LogP contribution in [0.25, 0.3) is 0 Å². The Balaban J connectivity index is 2.76. The molecule has 0 unspecified atom stereocenters. The van der Waals surface area contributed by atoms with Gasteiger partial charge in [-0.05, 0) is 44.9 Å². The first-order valence-corrected chi connectivity index (χ1v) is 7.42. The Morgan fingerprint density at radius 2 is 2.16 bits per heavy atom. The van der Waals surface area contributed by atoms with Crippen molar-refractivity contribution < 1.29 is 9.90 Å². The topological polar surface area (TPSA) is 52.6 Å². The van der Waals surface area contributed by atoms with Crippen molar-refractivity contribution in [2.24, 2.45) is 0 Å². The van der Waals surface area contributed by atoms with E-state index in [9.17, 15) is 9.90 Å². The number of rotatable bonds is 8. The minimum Gasteiger partial charge on any atom is -0.478 e. The SMILES string of the molecule is CCSc1cccc(NCCCN(C)C)c1C(=O)O. The van der Waals surface area contributed by atoms with Crippen molar-refractivity contribution in [2.75, 3.05) is 38.3 Å². The van der Waals surface area contributed by atoms with Crippen molar-refractivity contribution in [1.82, 2.24) is 4.90 Å². The van der Waals surface area contributed by atoms with Gasteiger partial charge in [-0.1, -0.05) is 13.0 Å². The Bertz CT molecular complexity index is 422. The number of hydrogen-bond donors (Lipinski definition) is 2. The molecule has 0 amide bonds. The van der Waals surface area contributed by atoms with Gasteiger partial charge in [-0.25, -0.2) is 4.79 Å². The third-order valence-corrected chi connectivity index (χ3v) is 3.58. The quantitative estimate of drug-likeness (QED) is 0.567. The van der Waals surface area contributed by atoms with Crippen LogP contribution in [-0.2, 0) is 0 Å². The molecule has 0 aliphatic carbocycles. The Kier molecular flexibility index (Phi) is 6.73. The van der Waals surface area contributed by atoms with E-state index in [1.807, 2.05) is 39.2 Å². The van der Waals surface area contributed by atoms with Gasteiger partial charge >= 0.3 is 5.97 Å². The molecular formula is C14H22N2O2S. The second-order valence-electron chi connectivity index (χ2n) is 4.50. The molecule has 1 rings (SSSR count). The van der Waals surface area contributed by atoms with E-state index in [0.717, 1.165) is 30.2 Å². The van der Waals surface area contributed by atoms with E-state index in [0.29, 0.717) is 11.3 Å². The molecule has 2 N–H and O–H groups in total. The Morgan fingerprint density at radius 3 is 2.74 bits per heavy atom. The monoisotopic (exact) mass is 282 g/mol. The fraction of sp³-hybridized carbons (Fsp3) is 0.500. The first-order valence-electron chi connectivity index (χ1n) is 6.44. The van der Waals surface area contributed by atoms with Crippen LogP contribution in [0.3, 0.4) is 0 Å². The highest BCUT2D eigenvalue weighted by Crippen LogP contribution is 2.28. The standard InChI is InChI=1S/C14H22N2O2S/c1-4-19-12-8-5-7-11(13(12)14(17)18)15-9-6-10-16(2)3/h5,7-8,15H,4,6,9-10H2,1-3H3,(H,17,18). The molecule has 4 nitrogen and oxygen atoms in total. The molecule has 0 heterocycles. The normalized spacial score (nSPS) is 10.7. The van der Waals surface area contributed by atoms with E-state index in [-0.39, 0.29) is 0 Å². The summed E-state index contributed by atoms with van der Waals surface area (Å²) >= 11 is 1.56. The summed E-state index contributed by atoms with van der Waals surface area (Å²) in [6.07, 6.45) is 0.983. The van der Waals surface area contributed by atoms with E-state index in [1.54, 1.807) is 11.8 Å². The van der Waals surface area contributed by atoms with Crippen LogP contribution in [0.5, 0.6) is 0 Å². The first kappa shape index (κ1) is 15.9. The Morgan fingerprint density at radius 1 is 1.42 bits per heavy atom. The number of hydrogen-bond acceptors (Lipinski definition) is 4. The van der Waals surface area contributed by atoms with E-state index in [4.69, 9.17) is 0 Å². The van der Waals surface area contributed by atoms with Crippen molar-refractivity contribution in [1.29, 1.82) is 0 Å². The molecule has 0 aromatic heterocycles. The number of carbonyl (C=O) groups is 1. The summed E-state index contributed by atoms with van der Waals surface area (Å²) in [5, 5.41) is 12.6. The van der Waals surface area contributed by atoms with Gasteiger partial charge in [0.1, 0.15) is 0 Å². The summed E-state index contributed by atoms with van der Waals surface area (Å²) in [4.78, 5) is 14.3. The van der Waals surface area contributed by atoms with Crippen LogP contribution in [0.2, 0.25) is 0 Å². The van der Waals surface area contributed by atoms with E-state index >= 15 is 0 Å². The minimum atomic E-state index is -0.869. The third kappa shape index (κ3) is 5.12. The van der Waals surface area contributed by atoms with Crippen LogP contribution in [-0.4, -0.2) is 48.9 Å². The lowest BCUT2D eigenvalue weighted by Gasteiger charge is -2.14. The molecule has 19 heavy (non-hydrogen) atoms. The predicted molar refractivity (Wildman–Crippen MR) is 81.5 cm³/mol. The Labute approximate surface area is 119 Å². The second-order valence-corrected chi connectivity index (χ2v) is 5.81. The van der Waals surface area contributed by atoms with Gasteiger partial charge in [0, 0.05) is 17.1 Å². The molecule has 0 radical (unpaired) electrons. The molecule has 0 saturated heterocycles.